The Kier molecular flexibility index (Phi) is 3.85. The summed E-state index contributed by atoms with van der Waals surface area (Å²) in [6, 6.07) is 16.9. The molecule has 0 spiro atoms. The topological polar surface area (TPSA) is 66.4 Å². The van der Waals surface area contributed by atoms with Crippen molar-refractivity contribution in [3.63, 3.8) is 0 Å². The number of para-hydroxylation sites is 3. The van der Waals surface area contributed by atoms with Crippen LogP contribution in [0.4, 0.5) is 5.69 Å². The van der Waals surface area contributed by atoms with Crippen LogP contribution in [0.25, 0.3) is 11.0 Å². The number of rotatable bonds is 2. The summed E-state index contributed by atoms with van der Waals surface area (Å²) in [7, 11) is 0. The van der Waals surface area contributed by atoms with E-state index in [2.05, 4.69) is 9.97 Å². The average molecular weight is 332 g/mol. The second-order valence-corrected chi connectivity index (χ2v) is 5.85. The number of anilines is 1. The number of hydrogen-bond acceptors (Lipinski definition) is 4. The maximum atomic E-state index is 12.7. The highest BCUT2D eigenvalue weighted by Crippen LogP contribution is 2.18. The van der Waals surface area contributed by atoms with Gasteiger partial charge in [-0.05, 0) is 24.3 Å². The molecule has 1 aliphatic rings. The van der Waals surface area contributed by atoms with Crippen LogP contribution in [0.5, 0.6) is 0 Å². The summed E-state index contributed by atoms with van der Waals surface area (Å²) in [5, 5.41) is 0. The number of aromatic nitrogens is 2. The number of fused-ring (bicyclic) bond motifs is 1. The van der Waals surface area contributed by atoms with Gasteiger partial charge in [0, 0.05) is 18.8 Å². The van der Waals surface area contributed by atoms with Crippen LogP contribution in [-0.4, -0.2) is 46.3 Å². The summed E-state index contributed by atoms with van der Waals surface area (Å²) in [4.78, 5) is 37.0. The van der Waals surface area contributed by atoms with Crippen molar-refractivity contribution in [3.8, 4) is 0 Å². The lowest BCUT2D eigenvalue weighted by Gasteiger charge is -2.34. The van der Waals surface area contributed by atoms with Gasteiger partial charge in [0.25, 0.3) is 5.91 Å². The maximum absolute atomic E-state index is 12.7. The Morgan fingerprint density at radius 2 is 1.64 bits per heavy atom. The Hall–Kier alpha value is -3.28. The molecule has 0 N–H and O–H groups in total. The van der Waals surface area contributed by atoms with Crippen molar-refractivity contribution in [2.24, 2.45) is 0 Å². The Labute approximate surface area is 144 Å². The standard InChI is InChI=1S/C19H16N4O2/c24-18-13-22(10-11-23(18)14-6-2-1-3-7-14)19(25)17-12-20-15-8-4-5-9-16(15)21-17/h1-9,12H,10-11,13H2. The molecule has 1 saturated heterocycles. The molecule has 0 unspecified atom stereocenters. The van der Waals surface area contributed by atoms with Gasteiger partial charge in [-0.25, -0.2) is 4.98 Å². The number of carbonyl (C=O) groups is 2. The minimum absolute atomic E-state index is 0.0439. The Morgan fingerprint density at radius 1 is 0.920 bits per heavy atom. The number of benzene rings is 2. The molecule has 3 aromatic rings. The van der Waals surface area contributed by atoms with Crippen LogP contribution in [0.2, 0.25) is 0 Å². The lowest BCUT2D eigenvalue weighted by Crippen LogP contribution is -2.52. The summed E-state index contributed by atoms with van der Waals surface area (Å²) in [5.74, 6) is -0.362. The van der Waals surface area contributed by atoms with Crippen LogP contribution in [0.1, 0.15) is 10.5 Å². The third kappa shape index (κ3) is 2.94. The molecule has 1 aliphatic heterocycles. The van der Waals surface area contributed by atoms with Crippen molar-refractivity contribution in [2.75, 3.05) is 24.5 Å². The first-order valence-corrected chi connectivity index (χ1v) is 8.09. The fourth-order valence-electron chi connectivity index (χ4n) is 2.95. The van der Waals surface area contributed by atoms with Gasteiger partial charge in [0.2, 0.25) is 5.91 Å². The molecule has 0 bridgehead atoms. The summed E-state index contributed by atoms with van der Waals surface area (Å²) in [6.07, 6.45) is 1.47. The molecule has 0 atom stereocenters. The molecule has 6 nitrogen and oxygen atoms in total. The Balaban J connectivity index is 1.52. The predicted octanol–water partition coefficient (Wildman–Crippen LogP) is 2.12. The highest BCUT2D eigenvalue weighted by Gasteiger charge is 2.29. The van der Waals surface area contributed by atoms with Crippen LogP contribution in [0, 0.1) is 0 Å². The molecule has 1 aromatic heterocycles. The summed E-state index contributed by atoms with van der Waals surface area (Å²) in [5.41, 5.74) is 2.52. The van der Waals surface area contributed by atoms with E-state index in [-0.39, 0.29) is 24.1 Å². The SMILES string of the molecule is O=C(c1cnc2ccccc2n1)N1CCN(c2ccccc2)C(=O)C1. The lowest BCUT2D eigenvalue weighted by atomic mass is 10.2. The van der Waals surface area contributed by atoms with Gasteiger partial charge in [-0.1, -0.05) is 30.3 Å². The molecule has 4 rings (SSSR count). The molecule has 0 radical (unpaired) electrons. The van der Waals surface area contributed by atoms with E-state index in [4.69, 9.17) is 0 Å². The van der Waals surface area contributed by atoms with Gasteiger partial charge in [0.05, 0.1) is 17.2 Å². The van der Waals surface area contributed by atoms with Crippen LogP contribution in [-0.2, 0) is 4.79 Å². The van der Waals surface area contributed by atoms with Gasteiger partial charge in [0.15, 0.2) is 0 Å². The van der Waals surface area contributed by atoms with Gasteiger partial charge in [-0.15, -0.1) is 0 Å². The smallest absolute Gasteiger partial charge is 0.274 e. The number of amides is 2. The van der Waals surface area contributed by atoms with E-state index in [0.29, 0.717) is 18.6 Å². The van der Waals surface area contributed by atoms with Gasteiger partial charge in [-0.2, -0.15) is 0 Å². The lowest BCUT2D eigenvalue weighted by molar-refractivity contribution is -0.120. The summed E-state index contributed by atoms with van der Waals surface area (Å²) < 4.78 is 0. The van der Waals surface area contributed by atoms with Crippen molar-refractivity contribution in [3.05, 3.63) is 66.5 Å². The van der Waals surface area contributed by atoms with Crippen molar-refractivity contribution in [2.45, 2.75) is 0 Å². The molecule has 2 aromatic carbocycles. The zero-order valence-corrected chi connectivity index (χ0v) is 13.5. The average Bonchev–Trinajstić information content (AvgIpc) is 2.67. The number of nitrogens with zero attached hydrogens (tertiary/aromatic N) is 4. The third-order valence-electron chi connectivity index (χ3n) is 4.24. The van der Waals surface area contributed by atoms with E-state index in [1.807, 2.05) is 54.6 Å². The Morgan fingerprint density at radius 3 is 2.40 bits per heavy atom. The summed E-state index contributed by atoms with van der Waals surface area (Å²) in [6.45, 7) is 0.978. The van der Waals surface area contributed by atoms with E-state index in [1.54, 1.807) is 4.90 Å². The molecule has 124 valence electrons. The van der Waals surface area contributed by atoms with E-state index < -0.39 is 0 Å². The second kappa shape index (κ2) is 6.32. The summed E-state index contributed by atoms with van der Waals surface area (Å²) >= 11 is 0. The first-order chi connectivity index (χ1) is 12.2. The van der Waals surface area contributed by atoms with E-state index >= 15 is 0 Å². The largest absolute Gasteiger partial charge is 0.326 e. The van der Waals surface area contributed by atoms with Crippen molar-refractivity contribution < 1.29 is 9.59 Å². The first-order valence-electron chi connectivity index (χ1n) is 8.09. The minimum atomic E-state index is -0.265. The van der Waals surface area contributed by atoms with E-state index in [1.165, 1.54) is 11.1 Å². The van der Waals surface area contributed by atoms with Crippen molar-refractivity contribution in [1.82, 2.24) is 14.9 Å². The van der Waals surface area contributed by atoms with E-state index in [0.717, 1.165) is 11.2 Å². The molecule has 6 heteroatoms. The van der Waals surface area contributed by atoms with Gasteiger partial charge in [-0.3, -0.25) is 14.6 Å². The molecule has 0 saturated carbocycles. The molecule has 2 heterocycles. The monoisotopic (exact) mass is 332 g/mol. The number of carbonyl (C=O) groups excluding carboxylic acids is 2. The van der Waals surface area contributed by atoms with Crippen molar-refractivity contribution in [1.29, 1.82) is 0 Å². The fourth-order valence-corrected chi connectivity index (χ4v) is 2.95. The minimum Gasteiger partial charge on any atom is -0.326 e. The molecule has 0 aliphatic carbocycles. The normalized spacial score (nSPS) is 14.8. The molecular weight excluding hydrogens is 316 g/mol. The van der Waals surface area contributed by atoms with Crippen LogP contribution >= 0.6 is 0 Å². The zero-order valence-electron chi connectivity index (χ0n) is 13.5. The third-order valence-corrected chi connectivity index (χ3v) is 4.24. The zero-order chi connectivity index (χ0) is 17.2. The second-order valence-electron chi connectivity index (χ2n) is 5.85. The van der Waals surface area contributed by atoms with Gasteiger partial charge >= 0.3 is 0 Å². The fraction of sp³-hybridized carbons (Fsp3) is 0.158. The molecule has 25 heavy (non-hydrogen) atoms. The molecule has 1 fully saturated rings. The van der Waals surface area contributed by atoms with Crippen molar-refractivity contribution >= 4 is 28.5 Å². The van der Waals surface area contributed by atoms with E-state index in [9.17, 15) is 9.59 Å². The van der Waals surface area contributed by atoms with Crippen LogP contribution in [0.15, 0.2) is 60.8 Å². The van der Waals surface area contributed by atoms with Crippen LogP contribution < -0.4 is 4.90 Å². The highest BCUT2D eigenvalue weighted by atomic mass is 16.2. The quantitative estimate of drug-likeness (QED) is 0.721. The number of piperazine rings is 1. The number of hydrogen-bond donors (Lipinski definition) is 0. The predicted molar refractivity (Wildman–Crippen MR) is 94.2 cm³/mol. The van der Waals surface area contributed by atoms with Crippen LogP contribution in [0.3, 0.4) is 0 Å². The molecule has 2 amide bonds. The highest BCUT2D eigenvalue weighted by molar-refractivity contribution is 6.01. The first kappa shape index (κ1) is 15.3. The maximum Gasteiger partial charge on any atom is 0.274 e. The van der Waals surface area contributed by atoms with Gasteiger partial charge < -0.3 is 9.80 Å². The van der Waals surface area contributed by atoms with Gasteiger partial charge in [0.1, 0.15) is 12.2 Å². The molecular formula is C19H16N4O2. The Bertz CT molecular complexity index is 942.